The Morgan fingerprint density at radius 1 is 0.976 bits per heavy atom. The molecule has 4 aromatic heterocycles. The number of halogens is 1. The second kappa shape index (κ2) is 11.2. The molecule has 0 unspecified atom stereocenters. The number of aryl methyl sites for hydroxylation is 2. The lowest BCUT2D eigenvalue weighted by atomic mass is 10.0. The maximum Gasteiger partial charge on any atom is 0.260 e. The molecule has 2 aliphatic heterocycles. The Hall–Kier alpha value is -4.90. The van der Waals surface area contributed by atoms with E-state index in [1.54, 1.807) is 24.9 Å². The monoisotopic (exact) mass is 582 g/mol. The second-order valence-electron chi connectivity index (χ2n) is 10.2. The molecule has 2 N–H and O–H groups in total. The maximum absolute atomic E-state index is 13.2. The van der Waals surface area contributed by atoms with Crippen LogP contribution in [0.3, 0.4) is 0 Å². The van der Waals surface area contributed by atoms with Crippen molar-refractivity contribution in [3.8, 4) is 5.75 Å². The fourth-order valence-electron chi connectivity index (χ4n) is 5.28. The van der Waals surface area contributed by atoms with Crippen molar-refractivity contribution in [3.05, 3.63) is 83.6 Å². The first-order valence-electron chi connectivity index (χ1n) is 13.7. The van der Waals surface area contributed by atoms with E-state index in [1.807, 2.05) is 47.5 Å². The van der Waals surface area contributed by atoms with Crippen LogP contribution in [-0.2, 0) is 17.6 Å². The number of fused-ring (bicyclic) bond motifs is 7. The molecule has 0 radical (unpaired) electrons. The number of pyridine rings is 2. The van der Waals surface area contributed by atoms with Crippen molar-refractivity contribution in [1.29, 1.82) is 0 Å². The van der Waals surface area contributed by atoms with Crippen LogP contribution in [0.15, 0.2) is 71.9 Å². The third kappa shape index (κ3) is 5.38. The summed E-state index contributed by atoms with van der Waals surface area (Å²) >= 11 is 6.38. The minimum Gasteiger partial charge on any atom is -0.483 e. The average molecular weight is 583 g/mol. The molecule has 42 heavy (non-hydrogen) atoms. The Labute approximate surface area is 246 Å². The summed E-state index contributed by atoms with van der Waals surface area (Å²) in [7, 11) is 0. The first-order chi connectivity index (χ1) is 20.6. The molecule has 1 saturated heterocycles. The van der Waals surface area contributed by atoms with Crippen LogP contribution in [0, 0.1) is 0 Å². The molecule has 1 fully saturated rings. The van der Waals surface area contributed by atoms with Crippen LogP contribution in [0.1, 0.15) is 11.1 Å². The molecule has 2 aliphatic rings. The number of benzene rings is 1. The van der Waals surface area contributed by atoms with E-state index < -0.39 is 0 Å². The first kappa shape index (κ1) is 26.0. The number of piperazine rings is 1. The predicted molar refractivity (Wildman–Crippen MR) is 160 cm³/mol. The zero-order valence-electron chi connectivity index (χ0n) is 22.6. The smallest absolute Gasteiger partial charge is 0.260 e. The summed E-state index contributed by atoms with van der Waals surface area (Å²) < 4.78 is 11.6. The number of aromatic nitrogens is 4. The van der Waals surface area contributed by atoms with Crippen molar-refractivity contribution in [2.75, 3.05) is 48.3 Å². The standard InChI is InChI=1S/C30H27ClN8O3/c31-24-17-34-30-36-22-13-19(15-32-16-22)1-2-20-14-21(35-28(24)37-30)3-4-25(20)42-18-27(40)38-8-10-39(11-9-38)29-23-6-12-41-26(23)5-7-33-29/h3-7,12-17H,1-2,8-11,18H2,(H2,34,35,36,37). The van der Waals surface area contributed by atoms with Crippen LogP contribution in [0.25, 0.3) is 11.0 Å². The fraction of sp³-hybridized carbons (Fsp3) is 0.233. The zero-order valence-corrected chi connectivity index (χ0v) is 23.3. The molecule has 5 aromatic rings. The number of carbonyl (C=O) groups is 1. The van der Waals surface area contributed by atoms with E-state index >= 15 is 0 Å². The van der Waals surface area contributed by atoms with Gasteiger partial charge in [0.05, 0.1) is 29.7 Å². The highest BCUT2D eigenvalue weighted by atomic mass is 35.5. The van der Waals surface area contributed by atoms with Gasteiger partial charge in [0, 0.05) is 44.3 Å². The predicted octanol–water partition coefficient (Wildman–Crippen LogP) is 4.98. The van der Waals surface area contributed by atoms with Gasteiger partial charge in [-0.05, 0) is 60.4 Å². The number of nitrogens with one attached hydrogen (secondary N) is 2. The number of anilines is 5. The molecule has 12 heteroatoms. The van der Waals surface area contributed by atoms with Gasteiger partial charge in [0.2, 0.25) is 5.95 Å². The first-order valence-corrected chi connectivity index (χ1v) is 14.1. The summed E-state index contributed by atoms with van der Waals surface area (Å²) in [4.78, 5) is 34.9. The van der Waals surface area contributed by atoms with Crippen LogP contribution in [0.5, 0.6) is 5.75 Å². The maximum atomic E-state index is 13.2. The molecule has 0 saturated carbocycles. The molecule has 6 bridgehead atoms. The lowest BCUT2D eigenvalue weighted by molar-refractivity contribution is -0.133. The van der Waals surface area contributed by atoms with Crippen molar-refractivity contribution < 1.29 is 13.9 Å². The normalized spacial score (nSPS) is 14.7. The number of hydrogen-bond donors (Lipinski definition) is 2. The van der Waals surface area contributed by atoms with Crippen molar-refractivity contribution in [2.24, 2.45) is 0 Å². The summed E-state index contributed by atoms with van der Waals surface area (Å²) in [6, 6.07) is 11.6. The van der Waals surface area contributed by atoms with Gasteiger partial charge in [-0.25, -0.2) is 9.97 Å². The molecule has 0 atom stereocenters. The van der Waals surface area contributed by atoms with Crippen LogP contribution in [-0.4, -0.2) is 63.5 Å². The van der Waals surface area contributed by atoms with E-state index in [-0.39, 0.29) is 12.5 Å². The second-order valence-corrected chi connectivity index (χ2v) is 10.6. The van der Waals surface area contributed by atoms with E-state index in [2.05, 4.69) is 35.5 Å². The molecular weight excluding hydrogens is 556 g/mol. The van der Waals surface area contributed by atoms with Crippen LogP contribution >= 0.6 is 11.6 Å². The van der Waals surface area contributed by atoms with E-state index in [1.165, 1.54) is 0 Å². The van der Waals surface area contributed by atoms with Crippen LogP contribution in [0.2, 0.25) is 5.02 Å². The van der Waals surface area contributed by atoms with Gasteiger partial charge in [-0.3, -0.25) is 9.78 Å². The SMILES string of the molecule is O=C(COc1ccc2cc1CCc1cncc(c1)Nc1ncc(Cl)c(n1)N2)N1CCN(c2nccc3occc23)CC1. The molecule has 6 heterocycles. The lowest BCUT2D eigenvalue weighted by Crippen LogP contribution is -2.50. The summed E-state index contributed by atoms with van der Waals surface area (Å²) in [6.45, 7) is 2.50. The molecular formula is C30H27ClN8O3. The van der Waals surface area contributed by atoms with E-state index in [9.17, 15) is 4.79 Å². The number of rotatable bonds is 4. The topological polar surface area (TPSA) is 122 Å². The molecule has 7 rings (SSSR count). The number of amides is 1. The molecule has 11 nitrogen and oxygen atoms in total. The van der Waals surface area contributed by atoms with Gasteiger partial charge in [-0.2, -0.15) is 4.98 Å². The summed E-state index contributed by atoms with van der Waals surface area (Å²) in [5.74, 6) is 2.38. The Morgan fingerprint density at radius 3 is 2.79 bits per heavy atom. The molecule has 1 amide bonds. The van der Waals surface area contributed by atoms with Crippen LogP contribution in [0.4, 0.5) is 29.0 Å². The van der Waals surface area contributed by atoms with Gasteiger partial charge in [0.1, 0.15) is 22.2 Å². The van der Waals surface area contributed by atoms with Gasteiger partial charge in [-0.1, -0.05) is 11.6 Å². The summed E-state index contributed by atoms with van der Waals surface area (Å²) in [5.41, 5.74) is 4.40. The molecule has 0 aliphatic carbocycles. The van der Waals surface area contributed by atoms with Crippen molar-refractivity contribution in [3.63, 3.8) is 0 Å². The third-order valence-corrected chi connectivity index (χ3v) is 7.72. The molecule has 212 valence electrons. The minimum absolute atomic E-state index is 0.0442. The fourth-order valence-corrected chi connectivity index (χ4v) is 5.41. The number of carbonyl (C=O) groups excluding carboxylic acids is 1. The largest absolute Gasteiger partial charge is 0.483 e. The molecule has 0 spiro atoms. The van der Waals surface area contributed by atoms with Gasteiger partial charge >= 0.3 is 0 Å². The van der Waals surface area contributed by atoms with Gasteiger partial charge < -0.3 is 29.6 Å². The van der Waals surface area contributed by atoms with E-state index in [0.29, 0.717) is 55.1 Å². The van der Waals surface area contributed by atoms with Gasteiger partial charge in [0.15, 0.2) is 12.4 Å². The van der Waals surface area contributed by atoms with Gasteiger partial charge in [-0.15, -0.1) is 0 Å². The van der Waals surface area contributed by atoms with Crippen molar-refractivity contribution in [2.45, 2.75) is 12.8 Å². The zero-order chi connectivity index (χ0) is 28.5. The Morgan fingerprint density at radius 2 is 1.88 bits per heavy atom. The Balaban J connectivity index is 1.05. The number of furan rings is 1. The van der Waals surface area contributed by atoms with E-state index in [0.717, 1.165) is 45.7 Å². The number of hydrogen-bond acceptors (Lipinski definition) is 10. The van der Waals surface area contributed by atoms with Crippen LogP contribution < -0.4 is 20.3 Å². The van der Waals surface area contributed by atoms with Gasteiger partial charge in [0.25, 0.3) is 5.91 Å². The summed E-state index contributed by atoms with van der Waals surface area (Å²) in [6.07, 6.45) is 9.96. The summed E-state index contributed by atoms with van der Waals surface area (Å²) in [5, 5.41) is 7.85. The van der Waals surface area contributed by atoms with E-state index in [4.69, 9.17) is 20.8 Å². The highest BCUT2D eigenvalue weighted by Gasteiger charge is 2.24. The van der Waals surface area contributed by atoms with Crippen molar-refractivity contribution in [1.82, 2.24) is 24.8 Å². The lowest BCUT2D eigenvalue weighted by Gasteiger charge is -2.35. The highest BCUT2D eigenvalue weighted by Crippen LogP contribution is 2.31. The number of nitrogens with zero attached hydrogens (tertiary/aromatic N) is 6. The third-order valence-electron chi connectivity index (χ3n) is 7.44. The average Bonchev–Trinajstić information content (AvgIpc) is 3.50. The number of ether oxygens (including phenoxy) is 1. The molecule has 1 aromatic carbocycles. The Kier molecular flexibility index (Phi) is 6.92. The van der Waals surface area contributed by atoms with Crippen molar-refractivity contribution >= 4 is 57.4 Å². The minimum atomic E-state index is -0.0496. The highest BCUT2D eigenvalue weighted by molar-refractivity contribution is 6.32. The quantitative estimate of drug-likeness (QED) is 0.300. The Bertz CT molecular complexity index is 1770.